The van der Waals surface area contributed by atoms with E-state index in [0.29, 0.717) is 12.1 Å². The number of ether oxygens (including phenoxy) is 2. The van der Waals surface area contributed by atoms with E-state index < -0.39 is 38.0 Å². The van der Waals surface area contributed by atoms with Crippen LogP contribution in [0.15, 0.2) is 6.33 Å². The maximum Gasteiger partial charge on any atom is 0.475 e. The second-order valence-corrected chi connectivity index (χ2v) is 8.82. The van der Waals surface area contributed by atoms with Gasteiger partial charge in [0, 0.05) is 0 Å². The molecule has 2 aromatic heterocycles. The topological polar surface area (TPSA) is 133 Å². The number of nitrogens with two attached hydrogens (primary N) is 1. The average molecular weight is 431 g/mol. The van der Waals surface area contributed by atoms with Gasteiger partial charge in [-0.15, -0.1) is 0 Å². The Bertz CT molecular complexity index is 969. The first kappa shape index (κ1) is 20.4. The summed E-state index contributed by atoms with van der Waals surface area (Å²) in [6.07, 6.45) is -2.20. The van der Waals surface area contributed by atoms with E-state index in [-0.39, 0.29) is 24.1 Å². The monoisotopic (exact) mass is 431 g/mol. The van der Waals surface area contributed by atoms with E-state index in [2.05, 4.69) is 15.0 Å². The molecule has 0 spiro atoms. The number of hydrogen-bond donors (Lipinski definition) is 1. The van der Waals surface area contributed by atoms with Gasteiger partial charge in [0.2, 0.25) is 11.8 Å². The number of fused-ring (bicyclic) bond motifs is 2. The minimum Gasteiger partial charge on any atom is -0.476 e. The normalized spacial score (nSPS) is 34.6. The van der Waals surface area contributed by atoms with Crippen molar-refractivity contribution in [1.29, 1.82) is 0 Å². The van der Waals surface area contributed by atoms with E-state index in [4.69, 9.17) is 28.8 Å². The molecule has 0 amide bonds. The van der Waals surface area contributed by atoms with Gasteiger partial charge in [0.15, 0.2) is 23.1 Å². The van der Waals surface area contributed by atoms with Crippen LogP contribution in [0.1, 0.15) is 33.9 Å². The van der Waals surface area contributed by atoms with Crippen molar-refractivity contribution in [2.45, 2.75) is 57.9 Å². The molecule has 13 heteroatoms. The minimum atomic E-state index is -3.91. The Kier molecular flexibility index (Phi) is 5.02. The van der Waals surface area contributed by atoms with E-state index in [1.54, 1.807) is 20.8 Å². The third kappa shape index (κ3) is 3.49. The lowest BCUT2D eigenvalue weighted by Gasteiger charge is -2.34. The summed E-state index contributed by atoms with van der Waals surface area (Å²) in [4.78, 5) is 12.4. The van der Waals surface area contributed by atoms with Gasteiger partial charge in [0.05, 0.1) is 25.6 Å². The zero-order valence-electron chi connectivity index (χ0n) is 16.4. The van der Waals surface area contributed by atoms with Crippen LogP contribution in [0.3, 0.4) is 0 Å². The molecular formula is C16H23FN5O6P. The minimum absolute atomic E-state index is 0.0481. The SMILES string of the molecule is CCOc1nc(N)nc2c1ncn2[C@@H]1OC2CO[P@@](=O)(OC(C)C)O[C@H]2[C@@]1(C)F. The van der Waals surface area contributed by atoms with Crippen LogP contribution in [0.4, 0.5) is 10.3 Å². The molecule has 5 atom stereocenters. The van der Waals surface area contributed by atoms with Crippen molar-refractivity contribution in [3.8, 4) is 5.88 Å². The van der Waals surface area contributed by atoms with Crippen molar-refractivity contribution in [2.75, 3.05) is 18.9 Å². The van der Waals surface area contributed by atoms with Gasteiger partial charge in [0.1, 0.15) is 12.2 Å². The summed E-state index contributed by atoms with van der Waals surface area (Å²) in [5.41, 5.74) is 4.25. The number of phosphoric ester groups is 1. The lowest BCUT2D eigenvalue weighted by atomic mass is 9.98. The van der Waals surface area contributed by atoms with E-state index in [9.17, 15) is 4.57 Å². The van der Waals surface area contributed by atoms with Crippen LogP contribution in [0.5, 0.6) is 5.88 Å². The number of hydrogen-bond acceptors (Lipinski definition) is 10. The van der Waals surface area contributed by atoms with Crippen LogP contribution in [0.2, 0.25) is 0 Å². The molecule has 0 aromatic carbocycles. The predicted octanol–water partition coefficient (Wildman–Crippen LogP) is 2.38. The largest absolute Gasteiger partial charge is 0.476 e. The Labute approximate surface area is 166 Å². The molecule has 29 heavy (non-hydrogen) atoms. The number of halogens is 1. The van der Waals surface area contributed by atoms with Crippen LogP contribution in [-0.2, 0) is 22.9 Å². The summed E-state index contributed by atoms with van der Waals surface area (Å²) in [5.74, 6) is 0.146. The highest BCUT2D eigenvalue weighted by atomic mass is 31.2. The fraction of sp³-hybridized carbons (Fsp3) is 0.688. The van der Waals surface area contributed by atoms with Crippen LogP contribution in [0, 0.1) is 0 Å². The van der Waals surface area contributed by atoms with E-state index in [1.165, 1.54) is 17.8 Å². The molecule has 0 radical (unpaired) electrons. The Balaban J connectivity index is 1.70. The summed E-state index contributed by atoms with van der Waals surface area (Å²) < 4.78 is 57.2. The number of alkyl halides is 1. The highest BCUT2D eigenvalue weighted by Gasteiger charge is 2.61. The molecule has 1 unspecified atom stereocenters. The molecule has 2 aliphatic rings. The first-order valence-electron chi connectivity index (χ1n) is 9.23. The third-order valence-corrected chi connectivity index (χ3v) is 6.23. The van der Waals surface area contributed by atoms with Crippen LogP contribution >= 0.6 is 7.82 Å². The van der Waals surface area contributed by atoms with Crippen molar-refractivity contribution < 1.29 is 32.0 Å². The lowest BCUT2D eigenvalue weighted by Crippen LogP contribution is -2.45. The molecule has 2 saturated heterocycles. The quantitative estimate of drug-likeness (QED) is 0.704. The highest BCUT2D eigenvalue weighted by molar-refractivity contribution is 7.48. The van der Waals surface area contributed by atoms with Crippen molar-refractivity contribution in [2.24, 2.45) is 0 Å². The molecule has 4 heterocycles. The fourth-order valence-corrected chi connectivity index (χ4v) is 5.11. The molecule has 2 aliphatic heterocycles. The van der Waals surface area contributed by atoms with Gasteiger partial charge in [-0.05, 0) is 27.7 Å². The van der Waals surface area contributed by atoms with Crippen LogP contribution in [-0.4, -0.2) is 56.7 Å². The summed E-state index contributed by atoms with van der Waals surface area (Å²) in [7, 11) is -3.91. The van der Waals surface area contributed by atoms with Crippen molar-refractivity contribution in [3.05, 3.63) is 6.33 Å². The van der Waals surface area contributed by atoms with Gasteiger partial charge in [-0.2, -0.15) is 9.97 Å². The fourth-order valence-electron chi connectivity index (χ4n) is 3.47. The summed E-state index contributed by atoms with van der Waals surface area (Å²) in [6, 6.07) is 0. The lowest BCUT2D eigenvalue weighted by molar-refractivity contribution is -0.0733. The van der Waals surface area contributed by atoms with E-state index in [1.807, 2.05) is 0 Å². The van der Waals surface area contributed by atoms with Gasteiger partial charge < -0.3 is 15.2 Å². The van der Waals surface area contributed by atoms with Crippen LogP contribution in [0.25, 0.3) is 11.2 Å². The number of anilines is 1. The Morgan fingerprint density at radius 1 is 1.48 bits per heavy atom. The van der Waals surface area contributed by atoms with Gasteiger partial charge in [-0.25, -0.2) is 13.9 Å². The molecule has 2 N–H and O–H groups in total. The summed E-state index contributed by atoms with van der Waals surface area (Å²) >= 11 is 0. The summed E-state index contributed by atoms with van der Waals surface area (Å²) in [6.45, 7) is 6.66. The van der Waals surface area contributed by atoms with Gasteiger partial charge in [-0.1, -0.05) is 0 Å². The predicted molar refractivity (Wildman–Crippen MR) is 99.0 cm³/mol. The zero-order chi connectivity index (χ0) is 21.0. The first-order chi connectivity index (χ1) is 13.6. The second kappa shape index (κ2) is 7.13. The zero-order valence-corrected chi connectivity index (χ0v) is 17.3. The number of imidazole rings is 1. The number of nitrogens with zero attached hydrogens (tertiary/aromatic N) is 4. The first-order valence-corrected chi connectivity index (χ1v) is 10.7. The van der Waals surface area contributed by atoms with Crippen molar-refractivity contribution >= 4 is 24.9 Å². The van der Waals surface area contributed by atoms with E-state index >= 15 is 4.39 Å². The molecule has 2 aromatic rings. The number of phosphoric acid groups is 1. The second-order valence-electron chi connectivity index (χ2n) is 7.25. The summed E-state index contributed by atoms with van der Waals surface area (Å²) in [5, 5.41) is 0. The van der Waals surface area contributed by atoms with Gasteiger partial charge in [-0.3, -0.25) is 18.1 Å². The van der Waals surface area contributed by atoms with E-state index in [0.717, 1.165) is 0 Å². The van der Waals surface area contributed by atoms with Crippen molar-refractivity contribution in [1.82, 2.24) is 19.5 Å². The Morgan fingerprint density at radius 2 is 2.24 bits per heavy atom. The molecule has 2 fully saturated rings. The molecule has 0 aliphatic carbocycles. The molecular weight excluding hydrogens is 408 g/mol. The van der Waals surface area contributed by atoms with Gasteiger partial charge >= 0.3 is 7.82 Å². The molecule has 0 saturated carbocycles. The molecule has 11 nitrogen and oxygen atoms in total. The number of rotatable bonds is 5. The Morgan fingerprint density at radius 3 is 2.93 bits per heavy atom. The third-order valence-electron chi connectivity index (χ3n) is 4.60. The molecule has 160 valence electrons. The molecule has 4 rings (SSSR count). The average Bonchev–Trinajstić information content (AvgIpc) is 3.13. The maximum atomic E-state index is 15.9. The molecule has 0 bridgehead atoms. The standard InChI is InChI=1S/C16H23FN5O6P/c1-5-24-13-10-12(20-15(18)21-13)22(7-19-10)14-16(4,17)11-9(26-14)6-25-29(23,28-11)27-8(2)3/h7-9,11,14H,5-6H2,1-4H3,(H2,18,20,21)/t9?,11-,14-,16-,29+/m1/s1. The number of aromatic nitrogens is 4. The smallest absolute Gasteiger partial charge is 0.475 e. The van der Waals surface area contributed by atoms with Crippen molar-refractivity contribution in [3.63, 3.8) is 0 Å². The number of nitrogen functional groups attached to an aromatic ring is 1. The van der Waals surface area contributed by atoms with Crippen LogP contribution < -0.4 is 10.5 Å². The van der Waals surface area contributed by atoms with Gasteiger partial charge in [0.25, 0.3) is 0 Å². The Hall–Kier alpha value is -1.85. The highest BCUT2D eigenvalue weighted by Crippen LogP contribution is 2.60. The maximum absolute atomic E-state index is 15.9.